The number of hydrogen-bond acceptors (Lipinski definition) is 3. The van der Waals surface area contributed by atoms with Gasteiger partial charge in [-0.3, -0.25) is 9.59 Å². The lowest BCUT2D eigenvalue weighted by molar-refractivity contribution is 0.0996. The van der Waals surface area contributed by atoms with Crippen LogP contribution in [0.3, 0.4) is 0 Å². The first kappa shape index (κ1) is 12.2. The number of furan rings is 1. The Morgan fingerprint density at radius 2 is 2.06 bits per heavy atom. The van der Waals surface area contributed by atoms with E-state index in [4.69, 9.17) is 21.8 Å². The van der Waals surface area contributed by atoms with Crippen LogP contribution < -0.4 is 11.1 Å². The lowest BCUT2D eigenvalue weighted by Gasteiger charge is -2.04. The highest BCUT2D eigenvalue weighted by molar-refractivity contribution is 6.32. The van der Waals surface area contributed by atoms with Crippen LogP contribution in [0.25, 0.3) is 0 Å². The lowest BCUT2D eigenvalue weighted by Crippen LogP contribution is -2.14. The Hall–Kier alpha value is -2.27. The number of carbonyl (C=O) groups excluding carboxylic acids is 2. The molecule has 1 heterocycles. The molecule has 0 aliphatic heterocycles. The molecule has 0 radical (unpaired) electrons. The zero-order chi connectivity index (χ0) is 13.1. The molecule has 6 heteroatoms. The third-order valence-electron chi connectivity index (χ3n) is 2.27. The minimum atomic E-state index is -0.563. The molecule has 92 valence electrons. The first-order valence-corrected chi connectivity index (χ1v) is 5.40. The molecule has 1 aromatic heterocycles. The molecule has 0 fully saturated rings. The van der Waals surface area contributed by atoms with Gasteiger partial charge in [-0.15, -0.1) is 0 Å². The fourth-order valence-electron chi connectivity index (χ4n) is 1.40. The number of benzene rings is 1. The van der Waals surface area contributed by atoms with Crippen LogP contribution >= 0.6 is 11.6 Å². The third-order valence-corrected chi connectivity index (χ3v) is 2.56. The van der Waals surface area contributed by atoms with Gasteiger partial charge in [-0.1, -0.05) is 6.07 Å². The fraction of sp³-hybridized carbons (Fsp3) is 0. The zero-order valence-corrected chi connectivity index (χ0v) is 9.90. The highest BCUT2D eigenvalue weighted by Crippen LogP contribution is 2.19. The van der Waals surface area contributed by atoms with Crippen molar-refractivity contribution in [3.05, 3.63) is 52.9 Å². The molecule has 0 atom stereocenters. The van der Waals surface area contributed by atoms with E-state index in [1.807, 2.05) is 0 Å². The van der Waals surface area contributed by atoms with Gasteiger partial charge >= 0.3 is 0 Å². The average Bonchev–Trinajstić information content (AvgIpc) is 2.76. The molecule has 5 nitrogen and oxygen atoms in total. The number of anilines is 1. The molecular weight excluding hydrogens is 256 g/mol. The van der Waals surface area contributed by atoms with E-state index in [9.17, 15) is 9.59 Å². The lowest BCUT2D eigenvalue weighted by atomic mass is 10.2. The monoisotopic (exact) mass is 264 g/mol. The summed E-state index contributed by atoms with van der Waals surface area (Å²) in [6.07, 6.45) is 1.32. The second-order valence-corrected chi connectivity index (χ2v) is 3.85. The van der Waals surface area contributed by atoms with Gasteiger partial charge in [0.25, 0.3) is 5.91 Å². The van der Waals surface area contributed by atoms with Crippen molar-refractivity contribution >= 4 is 29.1 Å². The molecule has 2 rings (SSSR count). The maximum atomic E-state index is 11.8. The molecule has 2 amide bonds. The number of halogens is 1. The molecular formula is C12H9ClN2O3. The summed E-state index contributed by atoms with van der Waals surface area (Å²) in [6.45, 7) is 0. The predicted molar refractivity (Wildman–Crippen MR) is 66.6 cm³/mol. The molecule has 1 aromatic carbocycles. The average molecular weight is 265 g/mol. The van der Waals surface area contributed by atoms with Crippen molar-refractivity contribution in [2.75, 3.05) is 5.32 Å². The summed E-state index contributed by atoms with van der Waals surface area (Å²) < 4.78 is 4.82. The summed E-state index contributed by atoms with van der Waals surface area (Å²) in [5.74, 6) is -0.984. The van der Waals surface area contributed by atoms with Gasteiger partial charge in [0.2, 0.25) is 11.1 Å². The van der Waals surface area contributed by atoms with Crippen LogP contribution in [0.2, 0.25) is 5.22 Å². The van der Waals surface area contributed by atoms with E-state index in [0.717, 1.165) is 0 Å². The Kier molecular flexibility index (Phi) is 3.34. The highest BCUT2D eigenvalue weighted by Gasteiger charge is 2.13. The van der Waals surface area contributed by atoms with Crippen LogP contribution in [-0.2, 0) is 0 Å². The van der Waals surface area contributed by atoms with Gasteiger partial charge in [0.15, 0.2) is 0 Å². The van der Waals surface area contributed by atoms with E-state index < -0.39 is 11.8 Å². The maximum Gasteiger partial charge on any atom is 0.260 e. The molecule has 0 unspecified atom stereocenters. The number of hydrogen-bond donors (Lipinski definition) is 2. The van der Waals surface area contributed by atoms with Crippen LogP contribution in [0.5, 0.6) is 0 Å². The van der Waals surface area contributed by atoms with Crippen molar-refractivity contribution in [3.63, 3.8) is 0 Å². The maximum absolute atomic E-state index is 11.8. The van der Waals surface area contributed by atoms with Crippen LogP contribution in [0, 0.1) is 0 Å². The molecule has 0 saturated carbocycles. The largest absolute Gasteiger partial charge is 0.452 e. The summed E-state index contributed by atoms with van der Waals surface area (Å²) in [7, 11) is 0. The minimum absolute atomic E-state index is 0.0126. The second kappa shape index (κ2) is 4.93. The fourth-order valence-corrected chi connectivity index (χ4v) is 1.60. The van der Waals surface area contributed by atoms with Gasteiger partial charge in [0.05, 0.1) is 11.8 Å². The van der Waals surface area contributed by atoms with E-state index in [2.05, 4.69) is 5.32 Å². The Balaban J connectivity index is 2.20. The van der Waals surface area contributed by atoms with Gasteiger partial charge in [0.1, 0.15) is 0 Å². The van der Waals surface area contributed by atoms with Crippen molar-refractivity contribution in [2.45, 2.75) is 0 Å². The molecule has 0 saturated heterocycles. The van der Waals surface area contributed by atoms with E-state index >= 15 is 0 Å². The van der Waals surface area contributed by atoms with E-state index in [1.54, 1.807) is 18.2 Å². The summed E-state index contributed by atoms with van der Waals surface area (Å²) in [5, 5.41) is 2.60. The van der Waals surface area contributed by atoms with E-state index in [0.29, 0.717) is 11.3 Å². The number of nitrogens with one attached hydrogen (secondary N) is 1. The molecule has 0 spiro atoms. The van der Waals surface area contributed by atoms with Crippen molar-refractivity contribution in [1.82, 2.24) is 0 Å². The minimum Gasteiger partial charge on any atom is -0.452 e. The van der Waals surface area contributed by atoms with Crippen LogP contribution in [-0.4, -0.2) is 11.8 Å². The summed E-state index contributed by atoms with van der Waals surface area (Å²) >= 11 is 5.68. The Morgan fingerprint density at radius 1 is 1.28 bits per heavy atom. The highest BCUT2D eigenvalue weighted by atomic mass is 35.5. The molecule has 0 bridgehead atoms. The van der Waals surface area contributed by atoms with E-state index in [-0.39, 0.29) is 10.8 Å². The SMILES string of the molecule is NC(=O)c1cccc(NC(=O)c2ccoc2Cl)c1. The molecule has 18 heavy (non-hydrogen) atoms. The second-order valence-electron chi connectivity index (χ2n) is 3.51. The number of amides is 2. The summed E-state index contributed by atoms with van der Waals surface area (Å²) in [5.41, 5.74) is 6.13. The first-order chi connectivity index (χ1) is 8.58. The Labute approximate surface area is 108 Å². The Morgan fingerprint density at radius 3 is 2.67 bits per heavy atom. The van der Waals surface area contributed by atoms with Gasteiger partial charge in [-0.25, -0.2) is 0 Å². The number of nitrogens with two attached hydrogens (primary N) is 1. The van der Waals surface area contributed by atoms with Crippen molar-refractivity contribution < 1.29 is 14.0 Å². The van der Waals surface area contributed by atoms with Crippen LogP contribution in [0.4, 0.5) is 5.69 Å². The predicted octanol–water partition coefficient (Wildman–Crippen LogP) is 2.28. The first-order valence-electron chi connectivity index (χ1n) is 5.02. The van der Waals surface area contributed by atoms with Crippen molar-refractivity contribution in [1.29, 1.82) is 0 Å². The van der Waals surface area contributed by atoms with Gasteiger partial charge in [-0.05, 0) is 35.9 Å². The molecule has 3 N–H and O–H groups in total. The summed E-state index contributed by atoms with van der Waals surface area (Å²) in [4.78, 5) is 22.8. The Bertz CT molecular complexity index is 607. The van der Waals surface area contributed by atoms with Crippen molar-refractivity contribution in [3.8, 4) is 0 Å². The number of carbonyl (C=O) groups is 2. The van der Waals surface area contributed by atoms with Crippen LogP contribution in [0.1, 0.15) is 20.7 Å². The standard InChI is InChI=1S/C12H9ClN2O3/c13-10-9(4-5-18-10)12(17)15-8-3-1-2-7(6-8)11(14)16/h1-6H,(H2,14,16)(H,15,17). The van der Waals surface area contributed by atoms with Gasteiger partial charge in [-0.2, -0.15) is 0 Å². The normalized spacial score (nSPS) is 10.1. The van der Waals surface area contributed by atoms with E-state index in [1.165, 1.54) is 18.4 Å². The van der Waals surface area contributed by atoms with Crippen LogP contribution in [0.15, 0.2) is 41.0 Å². The smallest absolute Gasteiger partial charge is 0.260 e. The number of primary amides is 1. The molecule has 0 aliphatic rings. The topological polar surface area (TPSA) is 85.3 Å². The summed E-state index contributed by atoms with van der Waals surface area (Å²) in [6, 6.07) is 7.75. The van der Waals surface area contributed by atoms with Gasteiger partial charge < -0.3 is 15.5 Å². The zero-order valence-electron chi connectivity index (χ0n) is 9.14. The molecule has 2 aromatic rings. The molecule has 0 aliphatic carbocycles. The third kappa shape index (κ3) is 2.52. The van der Waals surface area contributed by atoms with Crippen molar-refractivity contribution in [2.24, 2.45) is 5.73 Å². The number of rotatable bonds is 3. The quantitative estimate of drug-likeness (QED) is 0.892. The van der Waals surface area contributed by atoms with Gasteiger partial charge in [0, 0.05) is 11.3 Å².